The predicted octanol–water partition coefficient (Wildman–Crippen LogP) is 1.14. The third-order valence-corrected chi connectivity index (χ3v) is 4.29. The van der Waals surface area contributed by atoms with E-state index in [-0.39, 0.29) is 5.95 Å². The molecule has 28 heavy (non-hydrogen) atoms. The number of nitrogens with one attached hydrogen (secondary N) is 3. The molecule has 1 aliphatic heterocycles. The van der Waals surface area contributed by atoms with Crippen LogP contribution in [0.15, 0.2) is 30.3 Å². The Morgan fingerprint density at radius 2 is 1.79 bits per heavy atom. The second-order valence-corrected chi connectivity index (χ2v) is 6.60. The van der Waals surface area contributed by atoms with Gasteiger partial charge >= 0.3 is 6.03 Å². The van der Waals surface area contributed by atoms with Crippen molar-refractivity contribution in [1.29, 1.82) is 0 Å². The van der Waals surface area contributed by atoms with Gasteiger partial charge in [0.2, 0.25) is 5.95 Å². The van der Waals surface area contributed by atoms with Crippen molar-refractivity contribution < 1.29 is 18.8 Å². The molecule has 0 aliphatic carbocycles. The highest BCUT2D eigenvalue weighted by Crippen LogP contribution is 2.28. The summed E-state index contributed by atoms with van der Waals surface area (Å²) in [5.74, 6) is -1.50. The fourth-order valence-corrected chi connectivity index (χ4v) is 2.91. The van der Waals surface area contributed by atoms with E-state index in [1.807, 2.05) is 0 Å². The van der Waals surface area contributed by atoms with Gasteiger partial charge in [-0.15, -0.1) is 0 Å². The van der Waals surface area contributed by atoms with Gasteiger partial charge in [-0.3, -0.25) is 25.3 Å². The monoisotopic (exact) mass is 386 g/mol. The predicted molar refractivity (Wildman–Crippen MR) is 97.3 cm³/mol. The summed E-state index contributed by atoms with van der Waals surface area (Å²) in [6.07, 6.45) is 0. The van der Waals surface area contributed by atoms with E-state index in [4.69, 9.17) is 0 Å². The van der Waals surface area contributed by atoms with Crippen molar-refractivity contribution in [3.8, 4) is 0 Å². The molecule has 9 nitrogen and oxygen atoms in total. The summed E-state index contributed by atoms with van der Waals surface area (Å²) < 4.78 is 13.1. The van der Waals surface area contributed by atoms with Gasteiger partial charge in [-0.1, -0.05) is 12.1 Å². The van der Waals surface area contributed by atoms with Crippen LogP contribution in [0, 0.1) is 19.7 Å². The average Bonchev–Trinajstić information content (AvgIpc) is 2.84. The number of carbonyl (C=O) groups excluding carboxylic acids is 3. The second kappa shape index (κ2) is 7.22. The van der Waals surface area contributed by atoms with Crippen LogP contribution in [0.1, 0.15) is 23.9 Å². The molecule has 0 radical (unpaired) electrons. The molecule has 0 bridgehead atoms. The molecule has 10 heteroatoms. The molecule has 1 unspecified atom stereocenters. The van der Waals surface area contributed by atoms with E-state index < -0.39 is 35.7 Å². The van der Waals surface area contributed by atoms with Gasteiger partial charge < -0.3 is 5.32 Å². The van der Waals surface area contributed by atoms with Crippen LogP contribution in [0.2, 0.25) is 0 Å². The minimum absolute atomic E-state index is 0.194. The van der Waals surface area contributed by atoms with E-state index in [0.717, 1.165) is 4.90 Å². The molecule has 1 aromatic carbocycles. The molecular formula is C18H19FN6O3. The number of anilines is 1. The zero-order valence-corrected chi connectivity index (χ0v) is 15.5. The van der Waals surface area contributed by atoms with Crippen LogP contribution >= 0.6 is 0 Å². The lowest BCUT2D eigenvalue weighted by Crippen LogP contribution is -2.44. The van der Waals surface area contributed by atoms with E-state index in [0.29, 0.717) is 17.0 Å². The average molecular weight is 386 g/mol. The molecule has 1 atom stereocenters. The maximum atomic E-state index is 13.1. The molecule has 3 rings (SSSR count). The number of aryl methyl sites for hydroxylation is 2. The Bertz CT molecular complexity index is 929. The third-order valence-electron chi connectivity index (χ3n) is 4.29. The first kappa shape index (κ1) is 19.2. The van der Waals surface area contributed by atoms with Gasteiger partial charge in [0.1, 0.15) is 17.9 Å². The van der Waals surface area contributed by atoms with Gasteiger partial charge in [0, 0.05) is 11.4 Å². The maximum Gasteiger partial charge on any atom is 0.325 e. The fraction of sp³-hybridized carbons (Fsp3) is 0.278. The summed E-state index contributed by atoms with van der Waals surface area (Å²) in [5.41, 5.74) is 5.38. The van der Waals surface area contributed by atoms with E-state index in [2.05, 4.69) is 26.1 Å². The fourth-order valence-electron chi connectivity index (χ4n) is 2.91. The number of imide groups is 1. The number of urea groups is 1. The van der Waals surface area contributed by atoms with Gasteiger partial charge in [-0.05, 0) is 44.5 Å². The highest BCUT2D eigenvalue weighted by atomic mass is 19.1. The Morgan fingerprint density at radius 1 is 1.18 bits per heavy atom. The standard InChI is InChI=1S/C18H19FN6O3/c1-10-8-11(2)21-16(20-10)24-23-14(26)9-25-15(27)18(3,22-17(25)28)12-4-6-13(19)7-5-12/h4-8H,9H2,1-3H3,(H,22,28)(H,23,26)(H,20,21,24). The van der Waals surface area contributed by atoms with Crippen molar-refractivity contribution in [2.45, 2.75) is 26.3 Å². The molecule has 1 aliphatic rings. The van der Waals surface area contributed by atoms with Gasteiger partial charge in [0.05, 0.1) is 0 Å². The topological polar surface area (TPSA) is 116 Å². The van der Waals surface area contributed by atoms with Crippen LogP contribution in [0.25, 0.3) is 0 Å². The third kappa shape index (κ3) is 3.75. The molecule has 146 valence electrons. The Balaban J connectivity index is 1.66. The molecule has 3 N–H and O–H groups in total. The van der Waals surface area contributed by atoms with E-state index in [1.165, 1.54) is 31.2 Å². The van der Waals surface area contributed by atoms with Crippen molar-refractivity contribution in [1.82, 2.24) is 25.6 Å². The normalized spacial score (nSPS) is 18.8. The Hall–Kier alpha value is -3.56. The summed E-state index contributed by atoms with van der Waals surface area (Å²) in [5, 5.41) is 2.55. The Labute approximate surface area is 160 Å². The molecule has 0 spiro atoms. The van der Waals surface area contributed by atoms with Crippen LogP contribution in [0.5, 0.6) is 0 Å². The number of aromatic nitrogens is 2. The first-order valence-corrected chi connectivity index (χ1v) is 8.46. The lowest BCUT2D eigenvalue weighted by atomic mass is 9.92. The second-order valence-electron chi connectivity index (χ2n) is 6.60. The molecule has 1 fully saturated rings. The number of benzene rings is 1. The molecule has 2 aromatic rings. The van der Waals surface area contributed by atoms with Gasteiger partial charge in [0.25, 0.3) is 11.8 Å². The summed E-state index contributed by atoms with van der Waals surface area (Å²) in [7, 11) is 0. The highest BCUT2D eigenvalue weighted by molar-refractivity contribution is 6.09. The lowest BCUT2D eigenvalue weighted by Gasteiger charge is -2.22. The SMILES string of the molecule is Cc1cc(C)nc(NNC(=O)CN2C(=O)NC(C)(c3ccc(F)cc3)C2=O)n1. The minimum Gasteiger partial charge on any atom is -0.319 e. The summed E-state index contributed by atoms with van der Waals surface area (Å²) >= 11 is 0. The van der Waals surface area contributed by atoms with Crippen LogP contribution < -0.4 is 16.2 Å². The number of rotatable bonds is 5. The van der Waals surface area contributed by atoms with E-state index >= 15 is 0 Å². The highest BCUT2D eigenvalue weighted by Gasteiger charge is 2.49. The van der Waals surface area contributed by atoms with Crippen molar-refractivity contribution >= 4 is 23.8 Å². The molecule has 1 saturated heterocycles. The maximum absolute atomic E-state index is 13.1. The molecule has 0 saturated carbocycles. The first-order valence-electron chi connectivity index (χ1n) is 8.46. The number of hydrogen-bond acceptors (Lipinski definition) is 6. The Morgan fingerprint density at radius 3 is 2.39 bits per heavy atom. The number of carbonyl (C=O) groups is 3. The summed E-state index contributed by atoms with van der Waals surface area (Å²) in [4.78, 5) is 46.2. The number of amides is 4. The number of halogens is 1. The first-order chi connectivity index (χ1) is 13.2. The summed E-state index contributed by atoms with van der Waals surface area (Å²) in [6.45, 7) is 4.57. The summed E-state index contributed by atoms with van der Waals surface area (Å²) in [6, 6.07) is 6.28. The largest absolute Gasteiger partial charge is 0.325 e. The van der Waals surface area contributed by atoms with E-state index in [9.17, 15) is 18.8 Å². The zero-order valence-electron chi connectivity index (χ0n) is 15.5. The van der Waals surface area contributed by atoms with Gasteiger partial charge in [-0.2, -0.15) is 0 Å². The zero-order chi connectivity index (χ0) is 20.5. The molecule has 1 aromatic heterocycles. The van der Waals surface area contributed by atoms with Crippen molar-refractivity contribution in [3.63, 3.8) is 0 Å². The van der Waals surface area contributed by atoms with Gasteiger partial charge in [-0.25, -0.2) is 19.2 Å². The Kier molecular flexibility index (Phi) is 4.95. The molecule has 2 heterocycles. The lowest BCUT2D eigenvalue weighted by molar-refractivity contribution is -0.134. The number of nitrogens with zero attached hydrogens (tertiary/aromatic N) is 3. The molecular weight excluding hydrogens is 367 g/mol. The smallest absolute Gasteiger partial charge is 0.319 e. The minimum atomic E-state index is -1.38. The van der Waals surface area contributed by atoms with Crippen molar-refractivity contribution in [2.75, 3.05) is 12.0 Å². The quantitative estimate of drug-likeness (QED) is 0.524. The van der Waals surface area contributed by atoms with Crippen LogP contribution in [-0.2, 0) is 15.1 Å². The van der Waals surface area contributed by atoms with Crippen LogP contribution in [-0.4, -0.2) is 39.3 Å². The number of hydrogen-bond donors (Lipinski definition) is 3. The number of hydrazine groups is 1. The van der Waals surface area contributed by atoms with Crippen LogP contribution in [0.3, 0.4) is 0 Å². The van der Waals surface area contributed by atoms with Gasteiger partial charge in [0.15, 0.2) is 0 Å². The van der Waals surface area contributed by atoms with E-state index in [1.54, 1.807) is 19.9 Å². The molecule has 4 amide bonds. The van der Waals surface area contributed by atoms with Crippen molar-refractivity contribution in [2.24, 2.45) is 0 Å². The van der Waals surface area contributed by atoms with Crippen molar-refractivity contribution in [3.05, 3.63) is 53.1 Å². The van der Waals surface area contributed by atoms with Crippen LogP contribution in [0.4, 0.5) is 15.1 Å².